The standard InChI is InChI=1S/C18H23N5O3/c24-23(25)16-5-3-4-14(12-16)18-19-17(26-20-18)13-21-10-6-15(7-11-21)22-8-1-2-9-22/h3-5,12,15H,1-2,6-11,13H2. The molecule has 2 fully saturated rings. The van der Waals surface area contributed by atoms with E-state index in [4.69, 9.17) is 4.52 Å². The highest BCUT2D eigenvalue weighted by Crippen LogP contribution is 2.24. The molecule has 0 bridgehead atoms. The van der Waals surface area contributed by atoms with Gasteiger partial charge in [0, 0.05) is 36.8 Å². The van der Waals surface area contributed by atoms with Gasteiger partial charge >= 0.3 is 0 Å². The summed E-state index contributed by atoms with van der Waals surface area (Å²) in [7, 11) is 0. The smallest absolute Gasteiger partial charge is 0.270 e. The van der Waals surface area contributed by atoms with Crippen molar-refractivity contribution < 1.29 is 9.45 Å². The minimum Gasteiger partial charge on any atom is -0.338 e. The summed E-state index contributed by atoms with van der Waals surface area (Å²) in [6.07, 6.45) is 5.04. The van der Waals surface area contributed by atoms with Crippen molar-refractivity contribution in [2.75, 3.05) is 26.2 Å². The van der Waals surface area contributed by atoms with Gasteiger partial charge in [-0.25, -0.2) is 0 Å². The highest BCUT2D eigenvalue weighted by molar-refractivity contribution is 5.58. The second-order valence-corrected chi connectivity index (χ2v) is 7.07. The first kappa shape index (κ1) is 17.1. The number of nitrogens with zero attached hydrogens (tertiary/aromatic N) is 5. The van der Waals surface area contributed by atoms with Crippen LogP contribution in [0.1, 0.15) is 31.6 Å². The molecule has 0 N–H and O–H groups in total. The minimum atomic E-state index is -0.422. The van der Waals surface area contributed by atoms with Crippen LogP contribution in [0.3, 0.4) is 0 Å². The average Bonchev–Trinajstić information content (AvgIpc) is 3.34. The lowest BCUT2D eigenvalue weighted by Gasteiger charge is -2.36. The van der Waals surface area contributed by atoms with Crippen molar-refractivity contribution in [1.82, 2.24) is 19.9 Å². The number of benzene rings is 1. The number of non-ortho nitro benzene ring substituents is 1. The molecular weight excluding hydrogens is 334 g/mol. The Labute approximate surface area is 151 Å². The molecule has 1 aromatic heterocycles. The molecule has 0 atom stereocenters. The van der Waals surface area contributed by atoms with E-state index in [2.05, 4.69) is 19.9 Å². The molecule has 8 nitrogen and oxygen atoms in total. The predicted octanol–water partition coefficient (Wildman–Crippen LogP) is 2.71. The Hall–Kier alpha value is -2.32. The third kappa shape index (κ3) is 3.76. The van der Waals surface area contributed by atoms with Gasteiger partial charge in [-0.1, -0.05) is 17.3 Å². The first-order valence-corrected chi connectivity index (χ1v) is 9.23. The molecule has 0 radical (unpaired) electrons. The predicted molar refractivity (Wildman–Crippen MR) is 95.5 cm³/mol. The Morgan fingerprint density at radius 2 is 1.96 bits per heavy atom. The maximum Gasteiger partial charge on any atom is 0.270 e. The second-order valence-electron chi connectivity index (χ2n) is 7.07. The molecule has 2 aliphatic heterocycles. The van der Waals surface area contributed by atoms with Crippen LogP contribution in [0, 0.1) is 10.1 Å². The summed E-state index contributed by atoms with van der Waals surface area (Å²) in [4.78, 5) is 19.9. The molecule has 8 heteroatoms. The summed E-state index contributed by atoms with van der Waals surface area (Å²) in [5.74, 6) is 0.960. The molecule has 0 aliphatic carbocycles. The van der Waals surface area contributed by atoms with Crippen LogP contribution in [0.15, 0.2) is 28.8 Å². The summed E-state index contributed by atoms with van der Waals surface area (Å²) in [6.45, 7) is 5.21. The molecule has 2 saturated heterocycles. The summed E-state index contributed by atoms with van der Waals surface area (Å²) >= 11 is 0. The maximum absolute atomic E-state index is 10.9. The zero-order valence-corrected chi connectivity index (χ0v) is 14.7. The van der Waals surface area contributed by atoms with E-state index in [1.54, 1.807) is 12.1 Å². The van der Waals surface area contributed by atoms with Crippen LogP contribution in [0.25, 0.3) is 11.4 Å². The largest absolute Gasteiger partial charge is 0.338 e. The van der Waals surface area contributed by atoms with Gasteiger partial charge in [-0.15, -0.1) is 0 Å². The summed E-state index contributed by atoms with van der Waals surface area (Å²) in [6, 6.07) is 7.03. The van der Waals surface area contributed by atoms with Crippen molar-refractivity contribution in [2.45, 2.75) is 38.3 Å². The normalized spacial score (nSPS) is 19.8. The molecule has 0 spiro atoms. The number of rotatable bonds is 5. The van der Waals surface area contributed by atoms with E-state index in [9.17, 15) is 10.1 Å². The van der Waals surface area contributed by atoms with Gasteiger partial charge in [0.1, 0.15) is 0 Å². The number of piperidine rings is 1. The molecule has 2 aliphatic rings. The highest BCUT2D eigenvalue weighted by Gasteiger charge is 2.27. The summed E-state index contributed by atoms with van der Waals surface area (Å²) < 4.78 is 5.37. The van der Waals surface area contributed by atoms with Crippen LogP contribution in [0.4, 0.5) is 5.69 Å². The van der Waals surface area contributed by atoms with Gasteiger partial charge in [-0.05, 0) is 38.8 Å². The van der Waals surface area contributed by atoms with Crippen molar-refractivity contribution in [3.05, 3.63) is 40.3 Å². The molecule has 0 unspecified atom stereocenters. The Morgan fingerprint density at radius 1 is 1.19 bits per heavy atom. The van der Waals surface area contributed by atoms with Gasteiger partial charge in [0.25, 0.3) is 5.69 Å². The first-order valence-electron chi connectivity index (χ1n) is 9.23. The Balaban J connectivity index is 1.35. The Bertz CT molecular complexity index is 764. The molecule has 0 saturated carbocycles. The van der Waals surface area contributed by atoms with Crippen LogP contribution in [0.5, 0.6) is 0 Å². The third-order valence-corrected chi connectivity index (χ3v) is 5.36. The Kier molecular flexibility index (Phi) is 4.94. The van der Waals surface area contributed by atoms with E-state index < -0.39 is 4.92 Å². The van der Waals surface area contributed by atoms with Crippen LogP contribution in [-0.4, -0.2) is 57.1 Å². The molecule has 3 heterocycles. The van der Waals surface area contributed by atoms with Crippen LogP contribution >= 0.6 is 0 Å². The van der Waals surface area contributed by atoms with E-state index in [0.29, 0.717) is 23.8 Å². The molecule has 26 heavy (non-hydrogen) atoms. The second kappa shape index (κ2) is 7.51. The van der Waals surface area contributed by atoms with E-state index >= 15 is 0 Å². The van der Waals surface area contributed by atoms with Crippen LogP contribution in [-0.2, 0) is 6.54 Å². The van der Waals surface area contributed by atoms with Gasteiger partial charge in [-0.2, -0.15) is 4.98 Å². The SMILES string of the molecule is O=[N+]([O-])c1cccc(-c2noc(CN3CCC(N4CCCC4)CC3)n2)c1. The Morgan fingerprint density at radius 3 is 2.69 bits per heavy atom. The van der Waals surface area contributed by atoms with Crippen LogP contribution < -0.4 is 0 Å². The molecular formula is C18H23N5O3. The number of hydrogen-bond acceptors (Lipinski definition) is 7. The molecule has 1 aromatic carbocycles. The summed E-state index contributed by atoms with van der Waals surface area (Å²) in [5, 5.41) is 14.9. The van der Waals surface area contributed by atoms with Crippen LogP contribution in [0.2, 0.25) is 0 Å². The number of nitro benzene ring substituents is 1. The summed E-state index contributed by atoms with van der Waals surface area (Å²) in [5.41, 5.74) is 0.625. The number of nitro groups is 1. The first-order chi connectivity index (χ1) is 12.7. The quantitative estimate of drug-likeness (QED) is 0.600. The fraction of sp³-hybridized carbons (Fsp3) is 0.556. The number of likely N-dealkylation sites (tertiary alicyclic amines) is 2. The molecule has 138 valence electrons. The van der Waals surface area contributed by atoms with Crippen molar-refractivity contribution in [3.8, 4) is 11.4 Å². The van der Waals surface area contributed by atoms with E-state index in [0.717, 1.165) is 19.1 Å². The van der Waals surface area contributed by atoms with Crippen molar-refractivity contribution >= 4 is 5.69 Å². The zero-order valence-electron chi connectivity index (χ0n) is 14.7. The average molecular weight is 357 g/mol. The van der Waals surface area contributed by atoms with Gasteiger partial charge in [0.2, 0.25) is 11.7 Å². The van der Waals surface area contributed by atoms with Gasteiger partial charge in [-0.3, -0.25) is 15.0 Å². The fourth-order valence-electron chi connectivity index (χ4n) is 3.94. The fourth-order valence-corrected chi connectivity index (χ4v) is 3.94. The van der Waals surface area contributed by atoms with Gasteiger partial charge in [0.05, 0.1) is 11.5 Å². The molecule has 0 amide bonds. The maximum atomic E-state index is 10.9. The monoisotopic (exact) mass is 357 g/mol. The van der Waals surface area contributed by atoms with Crippen molar-refractivity contribution in [3.63, 3.8) is 0 Å². The topological polar surface area (TPSA) is 88.5 Å². The zero-order chi connectivity index (χ0) is 17.9. The lowest BCUT2D eigenvalue weighted by Crippen LogP contribution is -2.43. The highest BCUT2D eigenvalue weighted by atomic mass is 16.6. The third-order valence-electron chi connectivity index (χ3n) is 5.36. The lowest BCUT2D eigenvalue weighted by molar-refractivity contribution is -0.384. The number of aromatic nitrogens is 2. The van der Waals surface area contributed by atoms with Crippen molar-refractivity contribution in [2.24, 2.45) is 0 Å². The molecule has 4 rings (SSSR count). The van der Waals surface area contributed by atoms with E-state index in [1.807, 2.05) is 0 Å². The van der Waals surface area contributed by atoms with E-state index in [-0.39, 0.29) is 5.69 Å². The van der Waals surface area contributed by atoms with E-state index in [1.165, 1.54) is 50.9 Å². The molecule has 2 aromatic rings. The van der Waals surface area contributed by atoms with Crippen molar-refractivity contribution in [1.29, 1.82) is 0 Å². The number of hydrogen-bond donors (Lipinski definition) is 0. The van der Waals surface area contributed by atoms with Gasteiger partial charge < -0.3 is 9.42 Å². The lowest BCUT2D eigenvalue weighted by atomic mass is 10.0. The van der Waals surface area contributed by atoms with Gasteiger partial charge in [0.15, 0.2) is 0 Å². The minimum absolute atomic E-state index is 0.0258.